The molecule has 25 heavy (non-hydrogen) atoms. The minimum atomic E-state index is -0.611. The fourth-order valence-corrected chi connectivity index (χ4v) is 4.10. The Hall–Kier alpha value is -1.40. The zero-order valence-electron chi connectivity index (χ0n) is 15.7. The summed E-state index contributed by atoms with van der Waals surface area (Å²) in [5.41, 5.74) is 0.856. The van der Waals surface area contributed by atoms with Gasteiger partial charge in [-0.15, -0.1) is 0 Å². The lowest BCUT2D eigenvalue weighted by molar-refractivity contribution is 0.186. The third-order valence-corrected chi connectivity index (χ3v) is 5.93. The highest BCUT2D eigenvalue weighted by Gasteiger charge is 2.25. The lowest BCUT2D eigenvalue weighted by Crippen LogP contribution is -2.49. The van der Waals surface area contributed by atoms with Gasteiger partial charge in [0.1, 0.15) is 5.75 Å². The number of hydrogen-bond donors (Lipinski definition) is 2. The van der Waals surface area contributed by atoms with Gasteiger partial charge >= 0.3 is 0 Å². The Morgan fingerprint density at radius 1 is 1.40 bits per heavy atom. The number of aliphatic hydroxyl groups is 1. The molecule has 0 aliphatic carbocycles. The van der Waals surface area contributed by atoms with Crippen LogP contribution < -0.4 is 10.1 Å². The van der Waals surface area contributed by atoms with Gasteiger partial charge in [-0.2, -0.15) is 11.8 Å². The molecule has 0 radical (unpaired) electrons. The molecule has 1 fully saturated rings. The third kappa shape index (κ3) is 5.82. The largest absolute Gasteiger partial charge is 0.497 e. The van der Waals surface area contributed by atoms with E-state index in [0.717, 1.165) is 42.7 Å². The SMILES string of the molecule is CCNC(=NCC(O)c1ccc(OC)cc1)N1CCSC(C(C)C)C1. The first-order valence-electron chi connectivity index (χ1n) is 9.02. The monoisotopic (exact) mass is 365 g/mol. The van der Waals surface area contributed by atoms with E-state index in [-0.39, 0.29) is 0 Å². The molecule has 2 atom stereocenters. The molecule has 0 spiro atoms. The molecule has 2 unspecified atom stereocenters. The van der Waals surface area contributed by atoms with Crippen molar-refractivity contribution in [2.45, 2.75) is 32.1 Å². The second kappa shape index (κ2) is 9.92. The Kier molecular flexibility index (Phi) is 7.90. The summed E-state index contributed by atoms with van der Waals surface area (Å²) < 4.78 is 5.16. The van der Waals surface area contributed by atoms with E-state index in [2.05, 4.69) is 31.0 Å². The van der Waals surface area contributed by atoms with E-state index in [1.165, 1.54) is 0 Å². The Labute approximate surface area is 155 Å². The number of aliphatic hydroxyl groups excluding tert-OH is 1. The number of aliphatic imine (C=N–C) groups is 1. The van der Waals surface area contributed by atoms with Crippen molar-refractivity contribution >= 4 is 17.7 Å². The summed E-state index contributed by atoms with van der Waals surface area (Å²) in [6.07, 6.45) is -0.611. The molecule has 1 aromatic carbocycles. The molecule has 0 amide bonds. The molecule has 0 aromatic heterocycles. The van der Waals surface area contributed by atoms with Crippen LogP contribution in [0, 0.1) is 5.92 Å². The second-order valence-corrected chi connectivity index (χ2v) is 7.93. The van der Waals surface area contributed by atoms with Gasteiger partial charge in [0.05, 0.1) is 19.8 Å². The summed E-state index contributed by atoms with van der Waals surface area (Å²) in [5, 5.41) is 14.4. The van der Waals surface area contributed by atoms with E-state index in [0.29, 0.717) is 17.7 Å². The highest BCUT2D eigenvalue weighted by molar-refractivity contribution is 8.00. The van der Waals surface area contributed by atoms with E-state index in [4.69, 9.17) is 9.73 Å². The van der Waals surface area contributed by atoms with Gasteiger partial charge in [-0.05, 0) is 30.5 Å². The van der Waals surface area contributed by atoms with Crippen LogP contribution in [0.5, 0.6) is 5.75 Å². The van der Waals surface area contributed by atoms with Gasteiger partial charge in [0.15, 0.2) is 5.96 Å². The summed E-state index contributed by atoms with van der Waals surface area (Å²) in [5.74, 6) is 3.47. The molecule has 2 N–H and O–H groups in total. The van der Waals surface area contributed by atoms with E-state index in [1.54, 1.807) is 7.11 Å². The quantitative estimate of drug-likeness (QED) is 0.600. The normalized spacial score (nSPS) is 19.8. The van der Waals surface area contributed by atoms with Crippen LogP contribution in [-0.2, 0) is 0 Å². The maximum absolute atomic E-state index is 10.4. The predicted octanol–water partition coefficient (Wildman–Crippen LogP) is 2.77. The van der Waals surface area contributed by atoms with Crippen LogP contribution in [0.1, 0.15) is 32.4 Å². The molecule has 1 aliphatic rings. The lowest BCUT2D eigenvalue weighted by Gasteiger charge is -2.36. The Balaban J connectivity index is 2.02. The predicted molar refractivity (Wildman–Crippen MR) is 107 cm³/mol. The zero-order valence-corrected chi connectivity index (χ0v) is 16.6. The molecular weight excluding hydrogens is 334 g/mol. The van der Waals surface area contributed by atoms with Crippen LogP contribution in [0.15, 0.2) is 29.3 Å². The van der Waals surface area contributed by atoms with E-state index >= 15 is 0 Å². The number of benzene rings is 1. The Morgan fingerprint density at radius 2 is 2.12 bits per heavy atom. The van der Waals surface area contributed by atoms with Gasteiger partial charge in [0.25, 0.3) is 0 Å². The van der Waals surface area contributed by atoms with Gasteiger partial charge in [-0.1, -0.05) is 26.0 Å². The van der Waals surface area contributed by atoms with Crippen molar-refractivity contribution in [3.63, 3.8) is 0 Å². The fourth-order valence-electron chi connectivity index (χ4n) is 2.80. The summed E-state index contributed by atoms with van der Waals surface area (Å²) in [4.78, 5) is 7.02. The van der Waals surface area contributed by atoms with Crippen molar-refractivity contribution in [1.82, 2.24) is 10.2 Å². The third-order valence-electron chi connectivity index (χ3n) is 4.39. The summed E-state index contributed by atoms with van der Waals surface area (Å²) in [6.45, 7) is 9.81. The smallest absolute Gasteiger partial charge is 0.194 e. The first kappa shape index (κ1) is 19.9. The number of hydrogen-bond acceptors (Lipinski definition) is 4. The first-order valence-corrected chi connectivity index (χ1v) is 10.1. The first-order chi connectivity index (χ1) is 12.0. The summed E-state index contributed by atoms with van der Waals surface area (Å²) >= 11 is 2.05. The minimum Gasteiger partial charge on any atom is -0.497 e. The molecule has 1 heterocycles. The maximum Gasteiger partial charge on any atom is 0.194 e. The molecular formula is C19H31N3O2S. The lowest BCUT2D eigenvalue weighted by atomic mass is 10.1. The number of nitrogens with one attached hydrogen (secondary N) is 1. The van der Waals surface area contributed by atoms with Crippen molar-refractivity contribution < 1.29 is 9.84 Å². The minimum absolute atomic E-state index is 0.352. The topological polar surface area (TPSA) is 57.1 Å². The van der Waals surface area contributed by atoms with Crippen LogP contribution >= 0.6 is 11.8 Å². The van der Waals surface area contributed by atoms with E-state index in [9.17, 15) is 5.11 Å². The molecule has 0 bridgehead atoms. The number of thioether (sulfide) groups is 1. The van der Waals surface area contributed by atoms with Gasteiger partial charge in [-0.25, -0.2) is 0 Å². The fraction of sp³-hybridized carbons (Fsp3) is 0.632. The highest BCUT2D eigenvalue weighted by Crippen LogP contribution is 2.25. The van der Waals surface area contributed by atoms with E-state index in [1.807, 2.05) is 36.0 Å². The summed E-state index contributed by atoms with van der Waals surface area (Å²) in [7, 11) is 1.64. The van der Waals surface area contributed by atoms with Crippen LogP contribution in [0.25, 0.3) is 0 Å². The number of rotatable bonds is 6. The van der Waals surface area contributed by atoms with Crippen molar-refractivity contribution in [1.29, 1.82) is 0 Å². The number of methoxy groups -OCH3 is 1. The average molecular weight is 366 g/mol. The maximum atomic E-state index is 10.4. The van der Waals surface area contributed by atoms with Gasteiger partial charge in [-0.3, -0.25) is 4.99 Å². The number of guanidine groups is 1. The standard InChI is InChI=1S/C19H31N3O2S/c1-5-20-19(22-10-11-25-18(13-22)14(2)3)21-12-17(23)15-6-8-16(24-4)9-7-15/h6-9,14,17-18,23H,5,10-13H2,1-4H3,(H,20,21). The Bertz CT molecular complexity index is 548. The van der Waals surface area contributed by atoms with Gasteiger partial charge < -0.3 is 20.1 Å². The van der Waals surface area contributed by atoms with Crippen molar-refractivity contribution in [2.75, 3.05) is 39.0 Å². The number of nitrogens with zero attached hydrogens (tertiary/aromatic N) is 2. The highest BCUT2D eigenvalue weighted by atomic mass is 32.2. The molecule has 6 heteroatoms. The van der Waals surface area contributed by atoms with Gasteiger partial charge in [0, 0.05) is 30.6 Å². The molecule has 1 aromatic rings. The van der Waals surface area contributed by atoms with Gasteiger partial charge in [0.2, 0.25) is 0 Å². The summed E-state index contributed by atoms with van der Waals surface area (Å²) in [6, 6.07) is 7.50. The molecule has 2 rings (SSSR count). The molecule has 1 saturated heterocycles. The molecule has 5 nitrogen and oxygen atoms in total. The van der Waals surface area contributed by atoms with Crippen LogP contribution in [0.2, 0.25) is 0 Å². The average Bonchev–Trinajstić information content (AvgIpc) is 2.65. The molecule has 140 valence electrons. The van der Waals surface area contributed by atoms with Crippen LogP contribution in [0.3, 0.4) is 0 Å². The zero-order chi connectivity index (χ0) is 18.2. The van der Waals surface area contributed by atoms with E-state index < -0.39 is 6.10 Å². The molecule has 1 aliphatic heterocycles. The van der Waals surface area contributed by atoms with Crippen LogP contribution in [0.4, 0.5) is 0 Å². The second-order valence-electron chi connectivity index (χ2n) is 6.58. The van der Waals surface area contributed by atoms with Crippen molar-refractivity contribution in [3.05, 3.63) is 29.8 Å². The van der Waals surface area contributed by atoms with Crippen LogP contribution in [-0.4, -0.2) is 60.3 Å². The number of ether oxygens (including phenoxy) is 1. The Morgan fingerprint density at radius 3 is 2.72 bits per heavy atom. The van der Waals surface area contributed by atoms with Crippen molar-refractivity contribution in [2.24, 2.45) is 10.9 Å². The van der Waals surface area contributed by atoms with Crippen molar-refractivity contribution in [3.8, 4) is 5.75 Å². The molecule has 0 saturated carbocycles.